The third-order valence-electron chi connectivity index (χ3n) is 6.79. The van der Waals surface area contributed by atoms with Gasteiger partial charge in [0.15, 0.2) is 0 Å². The monoisotopic (exact) mass is 468 g/mol. The normalized spacial score (nSPS) is 19.6. The van der Waals surface area contributed by atoms with Crippen molar-refractivity contribution in [3.63, 3.8) is 0 Å². The molecule has 1 aromatic heterocycles. The zero-order chi connectivity index (χ0) is 25.1. The predicted octanol–water partition coefficient (Wildman–Crippen LogP) is 5.66. The number of nitrogens with one attached hydrogen (secondary N) is 3. The second-order valence-corrected chi connectivity index (χ2v) is 9.29. The first-order valence-electron chi connectivity index (χ1n) is 12.8. The molecule has 1 aliphatic carbocycles. The number of hydrogen-bond acceptors (Lipinski definition) is 5. The number of amides is 1. The summed E-state index contributed by atoms with van der Waals surface area (Å²) >= 11 is 0. The van der Waals surface area contributed by atoms with E-state index in [4.69, 9.17) is 10.1 Å². The average Bonchev–Trinajstić information content (AvgIpc) is 3.12. The highest BCUT2D eigenvalue weighted by Gasteiger charge is 2.39. The summed E-state index contributed by atoms with van der Waals surface area (Å²) in [5.41, 5.74) is 4.06. The lowest BCUT2D eigenvalue weighted by atomic mass is 9.79. The second-order valence-electron chi connectivity index (χ2n) is 9.29. The summed E-state index contributed by atoms with van der Waals surface area (Å²) < 4.78 is 0. The van der Waals surface area contributed by atoms with E-state index in [1.807, 2.05) is 45.0 Å². The lowest BCUT2D eigenvalue weighted by Crippen LogP contribution is -2.25. The molecule has 0 radical (unpaired) electrons. The fourth-order valence-corrected chi connectivity index (χ4v) is 4.79. The van der Waals surface area contributed by atoms with Gasteiger partial charge in [-0.25, -0.2) is 4.98 Å². The maximum atomic E-state index is 13.1. The Balaban J connectivity index is 0.00000199. The number of carbonyl (C=O) groups is 1. The number of allylic oxidation sites excluding steroid dienone is 1. The van der Waals surface area contributed by atoms with Crippen molar-refractivity contribution in [1.82, 2.24) is 10.3 Å². The molecule has 6 nitrogen and oxygen atoms in total. The summed E-state index contributed by atoms with van der Waals surface area (Å²) in [6, 6.07) is 8.02. The Hall–Kier alpha value is -2.44. The van der Waals surface area contributed by atoms with E-state index in [0.717, 1.165) is 66.7 Å². The van der Waals surface area contributed by atoms with Crippen LogP contribution >= 0.6 is 0 Å². The number of hydrogen-bond donors (Lipinski definition) is 4. The summed E-state index contributed by atoms with van der Waals surface area (Å²) in [7, 11) is 0. The molecule has 2 atom stereocenters. The molecule has 1 aliphatic rings. The molecule has 0 saturated heterocycles. The lowest BCUT2D eigenvalue weighted by Gasteiger charge is -2.27. The summed E-state index contributed by atoms with van der Waals surface area (Å²) in [5, 5.41) is 19.5. The standard InChI is InChI=1S/C26H38N4O2.C2H6/c1-5-26(15-19(3)20(4)16-26)17-24(32)30-25-18(2)7-9-22-21(25)8-10-23(29-22)28-12-6-11-27-13-14-31;1-2/h7-10,20,27,31H,3,5-6,11-17H2,1-2,4H3,(H,28,29)(H,30,32);1-2H3. The van der Waals surface area contributed by atoms with Crippen molar-refractivity contribution in [2.75, 3.05) is 36.9 Å². The number of carbonyl (C=O) groups excluding carboxylic acids is 1. The molecule has 0 bridgehead atoms. The first kappa shape index (κ1) is 27.8. The Bertz CT molecular complexity index is 959. The van der Waals surface area contributed by atoms with E-state index < -0.39 is 0 Å². The highest BCUT2D eigenvalue weighted by atomic mass is 16.3. The molecule has 0 aliphatic heterocycles. The van der Waals surface area contributed by atoms with Crippen LogP contribution in [0.25, 0.3) is 10.9 Å². The molecule has 1 fully saturated rings. The Kier molecular flexibility index (Phi) is 11.0. The quantitative estimate of drug-likeness (QED) is 0.252. The molecule has 3 rings (SSSR count). The van der Waals surface area contributed by atoms with Gasteiger partial charge in [0.25, 0.3) is 0 Å². The van der Waals surface area contributed by atoms with Crippen LogP contribution in [0.5, 0.6) is 0 Å². The van der Waals surface area contributed by atoms with Gasteiger partial charge in [-0.3, -0.25) is 4.79 Å². The minimum atomic E-state index is 0.0282. The van der Waals surface area contributed by atoms with Crippen molar-refractivity contribution in [3.05, 3.63) is 42.0 Å². The zero-order valence-corrected chi connectivity index (χ0v) is 21.8. The smallest absolute Gasteiger partial charge is 0.224 e. The molecule has 4 N–H and O–H groups in total. The molecule has 2 unspecified atom stereocenters. The number of fused-ring (bicyclic) bond motifs is 1. The molecule has 1 amide bonds. The maximum absolute atomic E-state index is 13.1. The van der Waals surface area contributed by atoms with E-state index in [9.17, 15) is 4.79 Å². The van der Waals surface area contributed by atoms with Gasteiger partial charge < -0.3 is 21.1 Å². The largest absolute Gasteiger partial charge is 0.395 e. The molecule has 2 aromatic rings. The van der Waals surface area contributed by atoms with Gasteiger partial charge in [-0.05, 0) is 74.2 Å². The van der Waals surface area contributed by atoms with Gasteiger partial charge in [-0.2, -0.15) is 0 Å². The molecule has 188 valence electrons. The SMILES string of the molecule is C=C1CC(CC)(CC(=O)Nc2c(C)ccc3nc(NCCCNCCO)ccc23)CC1C.CC. The van der Waals surface area contributed by atoms with Crippen LogP contribution in [0, 0.1) is 18.3 Å². The number of benzene rings is 1. The molecule has 1 saturated carbocycles. The van der Waals surface area contributed by atoms with E-state index in [0.29, 0.717) is 18.9 Å². The third kappa shape index (κ3) is 7.28. The average molecular weight is 469 g/mol. The first-order chi connectivity index (χ1) is 16.4. The van der Waals surface area contributed by atoms with Crippen LogP contribution in [0.1, 0.15) is 65.4 Å². The van der Waals surface area contributed by atoms with Gasteiger partial charge >= 0.3 is 0 Å². The highest BCUT2D eigenvalue weighted by Crippen LogP contribution is 2.49. The lowest BCUT2D eigenvalue weighted by molar-refractivity contribution is -0.118. The van der Waals surface area contributed by atoms with Crippen LogP contribution in [0.15, 0.2) is 36.4 Å². The van der Waals surface area contributed by atoms with Crippen molar-refractivity contribution in [3.8, 4) is 0 Å². The minimum Gasteiger partial charge on any atom is -0.395 e. The molecule has 34 heavy (non-hydrogen) atoms. The van der Waals surface area contributed by atoms with Crippen LogP contribution < -0.4 is 16.0 Å². The number of pyridine rings is 1. The molecule has 1 aromatic carbocycles. The van der Waals surface area contributed by atoms with Gasteiger partial charge in [0.2, 0.25) is 5.91 Å². The third-order valence-corrected chi connectivity index (χ3v) is 6.79. The number of anilines is 2. The predicted molar refractivity (Wildman–Crippen MR) is 144 cm³/mol. The van der Waals surface area contributed by atoms with Crippen LogP contribution in [0.3, 0.4) is 0 Å². The van der Waals surface area contributed by atoms with Crippen LogP contribution in [-0.2, 0) is 4.79 Å². The van der Waals surface area contributed by atoms with E-state index in [1.165, 1.54) is 5.57 Å². The van der Waals surface area contributed by atoms with Crippen LogP contribution in [0.4, 0.5) is 11.5 Å². The molecular formula is C28H44N4O2. The second kappa shape index (κ2) is 13.4. The Morgan fingerprint density at radius 3 is 2.62 bits per heavy atom. The summed E-state index contributed by atoms with van der Waals surface area (Å²) in [6.45, 7) is 17.1. The molecule has 1 heterocycles. The fraction of sp³-hybridized carbons (Fsp3) is 0.571. The van der Waals surface area contributed by atoms with Crippen LogP contribution in [0.2, 0.25) is 0 Å². The van der Waals surface area contributed by atoms with Crippen molar-refractivity contribution >= 4 is 28.3 Å². The maximum Gasteiger partial charge on any atom is 0.224 e. The number of aliphatic hydroxyl groups is 1. The van der Waals surface area contributed by atoms with Gasteiger partial charge in [-0.1, -0.05) is 45.9 Å². The van der Waals surface area contributed by atoms with Crippen molar-refractivity contribution in [1.29, 1.82) is 0 Å². The number of nitrogens with zero attached hydrogens (tertiary/aromatic N) is 1. The summed E-state index contributed by atoms with van der Waals surface area (Å²) in [4.78, 5) is 17.8. The summed E-state index contributed by atoms with van der Waals surface area (Å²) in [6.07, 6.45) is 4.44. The summed E-state index contributed by atoms with van der Waals surface area (Å²) in [5.74, 6) is 1.38. The number of aliphatic hydroxyl groups excluding tert-OH is 1. The topological polar surface area (TPSA) is 86.3 Å². The number of aryl methyl sites for hydroxylation is 1. The van der Waals surface area contributed by atoms with Crippen LogP contribution in [-0.4, -0.2) is 42.2 Å². The van der Waals surface area contributed by atoms with Crippen molar-refractivity contribution < 1.29 is 9.90 Å². The Morgan fingerprint density at radius 2 is 1.97 bits per heavy atom. The fourth-order valence-electron chi connectivity index (χ4n) is 4.79. The van der Waals surface area contributed by atoms with Gasteiger partial charge in [0.1, 0.15) is 5.82 Å². The highest BCUT2D eigenvalue weighted by molar-refractivity contribution is 6.02. The zero-order valence-electron chi connectivity index (χ0n) is 21.8. The molecular weight excluding hydrogens is 424 g/mol. The number of rotatable bonds is 11. The Labute approximate surface area is 205 Å². The first-order valence-corrected chi connectivity index (χ1v) is 12.8. The van der Waals surface area contributed by atoms with Gasteiger partial charge in [-0.15, -0.1) is 0 Å². The van der Waals surface area contributed by atoms with E-state index in [1.54, 1.807) is 0 Å². The van der Waals surface area contributed by atoms with Gasteiger partial charge in [0, 0.05) is 24.9 Å². The van der Waals surface area contributed by atoms with E-state index in [2.05, 4.69) is 36.4 Å². The Morgan fingerprint density at radius 1 is 1.21 bits per heavy atom. The van der Waals surface area contributed by atoms with E-state index in [-0.39, 0.29) is 17.9 Å². The minimum absolute atomic E-state index is 0.0282. The molecule has 6 heteroatoms. The van der Waals surface area contributed by atoms with Crippen molar-refractivity contribution in [2.45, 2.75) is 66.7 Å². The van der Waals surface area contributed by atoms with Crippen molar-refractivity contribution in [2.24, 2.45) is 11.3 Å². The molecule has 0 spiro atoms. The number of aromatic nitrogens is 1. The van der Waals surface area contributed by atoms with E-state index >= 15 is 0 Å². The van der Waals surface area contributed by atoms with Gasteiger partial charge in [0.05, 0.1) is 17.8 Å².